The molecule has 0 bridgehead atoms. The number of carboxylic acids is 1. The van der Waals surface area contributed by atoms with E-state index in [4.69, 9.17) is 9.84 Å². The zero-order valence-electron chi connectivity index (χ0n) is 11.3. The van der Waals surface area contributed by atoms with E-state index >= 15 is 0 Å². The van der Waals surface area contributed by atoms with E-state index in [0.717, 1.165) is 0 Å². The van der Waals surface area contributed by atoms with Crippen LogP contribution in [0.3, 0.4) is 0 Å². The summed E-state index contributed by atoms with van der Waals surface area (Å²) in [6.45, 7) is 2.02. The first-order chi connectivity index (χ1) is 9.45. The van der Waals surface area contributed by atoms with Gasteiger partial charge in [-0.05, 0) is 19.8 Å². The molecule has 2 N–H and O–H groups in total. The van der Waals surface area contributed by atoms with Crippen molar-refractivity contribution < 1.29 is 19.6 Å². The monoisotopic (exact) mass is 283 g/mol. The van der Waals surface area contributed by atoms with Gasteiger partial charge in [-0.2, -0.15) is 0 Å². The highest BCUT2D eigenvalue weighted by molar-refractivity contribution is 5.77. The lowest BCUT2D eigenvalue weighted by Crippen LogP contribution is -2.30. The summed E-state index contributed by atoms with van der Waals surface area (Å²) in [5.74, 6) is -0.863. The van der Waals surface area contributed by atoms with Crippen molar-refractivity contribution in [1.82, 2.24) is 4.98 Å². The summed E-state index contributed by atoms with van der Waals surface area (Å²) >= 11 is 0. The number of methoxy groups -OCH3 is 1. The highest BCUT2D eigenvalue weighted by Crippen LogP contribution is 2.20. The van der Waals surface area contributed by atoms with E-state index in [1.807, 2.05) is 0 Å². The highest BCUT2D eigenvalue weighted by Gasteiger charge is 2.19. The van der Waals surface area contributed by atoms with Gasteiger partial charge >= 0.3 is 5.97 Å². The van der Waals surface area contributed by atoms with Crippen LogP contribution in [0.2, 0.25) is 0 Å². The minimum atomic E-state index is -1.04. The summed E-state index contributed by atoms with van der Waals surface area (Å²) in [5, 5.41) is 22.6. The van der Waals surface area contributed by atoms with Crippen LogP contribution in [0.4, 0.5) is 11.5 Å². The molecular weight excluding hydrogens is 266 g/mol. The van der Waals surface area contributed by atoms with E-state index in [1.165, 1.54) is 19.4 Å². The summed E-state index contributed by atoms with van der Waals surface area (Å²) in [7, 11) is 1.54. The number of nitro groups is 1. The van der Waals surface area contributed by atoms with Crippen LogP contribution in [-0.4, -0.2) is 40.7 Å². The average molecular weight is 283 g/mol. The third kappa shape index (κ3) is 4.47. The predicted octanol–water partition coefficient (Wildman–Crippen LogP) is 1.59. The lowest BCUT2D eigenvalue weighted by Gasteiger charge is -2.14. The molecular formula is C12H17N3O5. The predicted molar refractivity (Wildman–Crippen MR) is 71.8 cm³/mol. The van der Waals surface area contributed by atoms with Crippen LogP contribution < -0.4 is 5.32 Å². The number of hydrogen-bond acceptors (Lipinski definition) is 6. The molecule has 0 saturated heterocycles. The quantitative estimate of drug-likeness (QED) is 0.423. The van der Waals surface area contributed by atoms with Crippen LogP contribution in [-0.2, 0) is 9.53 Å². The van der Waals surface area contributed by atoms with Crippen molar-refractivity contribution in [3.63, 3.8) is 0 Å². The Morgan fingerprint density at radius 3 is 2.90 bits per heavy atom. The number of anilines is 1. The first-order valence-electron chi connectivity index (χ1n) is 6.05. The zero-order chi connectivity index (χ0) is 15.1. The van der Waals surface area contributed by atoms with Gasteiger partial charge in [0.25, 0.3) is 5.69 Å². The van der Waals surface area contributed by atoms with Gasteiger partial charge in [0.2, 0.25) is 0 Å². The standard InChI is InChI=1S/C12H17N3O5/c1-8-7-13-11(6-10(8)15(18)19)14-9(12(16)17)4-3-5-20-2/h6-7,9H,3-5H2,1-2H3,(H,13,14)(H,16,17). The van der Waals surface area contributed by atoms with Crippen LogP contribution >= 0.6 is 0 Å². The van der Waals surface area contributed by atoms with Crippen molar-refractivity contribution in [3.05, 3.63) is 27.9 Å². The van der Waals surface area contributed by atoms with Gasteiger partial charge in [-0.3, -0.25) is 10.1 Å². The summed E-state index contributed by atoms with van der Waals surface area (Å²) in [6.07, 6.45) is 2.25. The Hall–Kier alpha value is -2.22. The zero-order valence-corrected chi connectivity index (χ0v) is 11.3. The molecule has 0 fully saturated rings. The summed E-state index contributed by atoms with van der Waals surface area (Å²) < 4.78 is 4.86. The largest absolute Gasteiger partial charge is 0.480 e. The molecule has 0 radical (unpaired) electrons. The number of ether oxygens (including phenoxy) is 1. The van der Waals surface area contributed by atoms with Crippen molar-refractivity contribution in [3.8, 4) is 0 Å². The second-order valence-electron chi connectivity index (χ2n) is 4.28. The first kappa shape index (κ1) is 15.8. The van der Waals surface area contributed by atoms with Crippen LogP contribution in [0, 0.1) is 17.0 Å². The van der Waals surface area contributed by atoms with E-state index in [1.54, 1.807) is 6.92 Å². The molecule has 8 nitrogen and oxygen atoms in total. The lowest BCUT2D eigenvalue weighted by molar-refractivity contribution is -0.385. The van der Waals surface area contributed by atoms with E-state index in [2.05, 4.69) is 10.3 Å². The number of aryl methyl sites for hydroxylation is 1. The Morgan fingerprint density at radius 1 is 1.65 bits per heavy atom. The minimum absolute atomic E-state index is 0.0940. The molecule has 0 aromatic carbocycles. The Labute approximate surface area is 115 Å². The van der Waals surface area contributed by atoms with Gasteiger partial charge < -0.3 is 15.2 Å². The molecule has 1 unspecified atom stereocenters. The fraction of sp³-hybridized carbons (Fsp3) is 0.500. The SMILES string of the molecule is COCCCC(Nc1cc([N+](=O)[O-])c(C)cn1)C(=O)O. The topological polar surface area (TPSA) is 115 Å². The van der Waals surface area contributed by atoms with Gasteiger partial charge in [0.15, 0.2) is 0 Å². The molecule has 0 amide bonds. The van der Waals surface area contributed by atoms with Crippen LogP contribution in [0.15, 0.2) is 12.3 Å². The second kappa shape index (κ2) is 7.39. The lowest BCUT2D eigenvalue weighted by atomic mass is 10.1. The Bertz CT molecular complexity index is 492. The van der Waals surface area contributed by atoms with E-state index in [-0.39, 0.29) is 11.5 Å². The Balaban J connectivity index is 2.80. The number of aromatic nitrogens is 1. The normalized spacial score (nSPS) is 11.9. The second-order valence-corrected chi connectivity index (χ2v) is 4.28. The molecule has 1 aromatic rings. The summed E-state index contributed by atoms with van der Waals surface area (Å²) in [5.41, 5.74) is 0.329. The summed E-state index contributed by atoms with van der Waals surface area (Å²) in [4.78, 5) is 25.4. The van der Waals surface area contributed by atoms with E-state index < -0.39 is 16.9 Å². The number of nitrogens with zero attached hydrogens (tertiary/aromatic N) is 2. The number of rotatable bonds is 8. The molecule has 20 heavy (non-hydrogen) atoms. The maximum absolute atomic E-state index is 11.1. The van der Waals surface area contributed by atoms with Crippen molar-refractivity contribution in [1.29, 1.82) is 0 Å². The molecule has 0 saturated carbocycles. The van der Waals surface area contributed by atoms with Crippen LogP contribution in [0.5, 0.6) is 0 Å². The maximum atomic E-state index is 11.1. The first-order valence-corrected chi connectivity index (χ1v) is 6.05. The fourth-order valence-corrected chi connectivity index (χ4v) is 1.66. The van der Waals surface area contributed by atoms with E-state index in [0.29, 0.717) is 25.0 Å². The summed E-state index contributed by atoms with van der Waals surface area (Å²) in [6, 6.07) is 0.377. The molecule has 0 aliphatic carbocycles. The van der Waals surface area contributed by atoms with Gasteiger partial charge in [-0.1, -0.05) is 0 Å². The Kier molecular flexibility index (Phi) is 5.85. The number of pyridine rings is 1. The number of hydrogen-bond donors (Lipinski definition) is 2. The third-order valence-electron chi connectivity index (χ3n) is 2.73. The van der Waals surface area contributed by atoms with Gasteiger partial charge in [0.05, 0.1) is 11.0 Å². The van der Waals surface area contributed by atoms with Crippen molar-refractivity contribution in [2.24, 2.45) is 0 Å². The van der Waals surface area contributed by atoms with Crippen LogP contribution in [0.25, 0.3) is 0 Å². The molecule has 1 rings (SSSR count). The molecule has 8 heteroatoms. The van der Waals surface area contributed by atoms with Crippen molar-refractivity contribution in [2.45, 2.75) is 25.8 Å². The molecule has 0 aliphatic heterocycles. The smallest absolute Gasteiger partial charge is 0.326 e. The van der Waals surface area contributed by atoms with Crippen molar-refractivity contribution >= 4 is 17.5 Å². The highest BCUT2D eigenvalue weighted by atomic mass is 16.6. The van der Waals surface area contributed by atoms with E-state index in [9.17, 15) is 14.9 Å². The van der Waals surface area contributed by atoms with Gasteiger partial charge in [0, 0.05) is 25.5 Å². The minimum Gasteiger partial charge on any atom is -0.480 e. The maximum Gasteiger partial charge on any atom is 0.326 e. The molecule has 0 spiro atoms. The number of carboxylic acid groups (broad SMARTS) is 1. The molecule has 110 valence electrons. The van der Waals surface area contributed by atoms with Gasteiger partial charge in [-0.25, -0.2) is 9.78 Å². The molecule has 1 heterocycles. The third-order valence-corrected chi connectivity index (χ3v) is 2.73. The fourth-order valence-electron chi connectivity index (χ4n) is 1.66. The van der Waals surface area contributed by atoms with Crippen molar-refractivity contribution in [2.75, 3.05) is 19.0 Å². The average Bonchev–Trinajstić information content (AvgIpc) is 2.39. The Morgan fingerprint density at radius 2 is 2.35 bits per heavy atom. The molecule has 1 aromatic heterocycles. The number of carbonyl (C=O) groups is 1. The molecule has 0 aliphatic rings. The molecule has 1 atom stereocenters. The van der Waals surface area contributed by atoms with Gasteiger partial charge in [0.1, 0.15) is 11.9 Å². The van der Waals surface area contributed by atoms with Crippen LogP contribution in [0.1, 0.15) is 18.4 Å². The number of nitrogens with one attached hydrogen (secondary N) is 1. The van der Waals surface area contributed by atoms with Gasteiger partial charge in [-0.15, -0.1) is 0 Å². The number of aliphatic carboxylic acids is 1.